The third-order valence-corrected chi connectivity index (χ3v) is 4.71. The van der Waals surface area contributed by atoms with Gasteiger partial charge in [0, 0.05) is 30.1 Å². The lowest BCUT2D eigenvalue weighted by atomic mass is 10.1. The van der Waals surface area contributed by atoms with Gasteiger partial charge in [0.1, 0.15) is 5.00 Å². The van der Waals surface area contributed by atoms with E-state index in [0.717, 1.165) is 10.4 Å². The molecule has 0 fully saturated rings. The van der Waals surface area contributed by atoms with Crippen molar-refractivity contribution in [3.63, 3.8) is 0 Å². The Morgan fingerprint density at radius 2 is 2.00 bits per heavy atom. The molecule has 0 aliphatic carbocycles. The van der Waals surface area contributed by atoms with Crippen LogP contribution < -0.4 is 10.6 Å². The van der Waals surface area contributed by atoms with Gasteiger partial charge in [0.05, 0.1) is 10.5 Å². The van der Waals surface area contributed by atoms with Crippen LogP contribution in [-0.4, -0.2) is 23.8 Å². The number of hydrogen-bond acceptors (Lipinski definition) is 5. The van der Waals surface area contributed by atoms with Crippen LogP contribution in [0.3, 0.4) is 0 Å². The first-order valence-corrected chi connectivity index (χ1v) is 8.20. The summed E-state index contributed by atoms with van der Waals surface area (Å²) in [4.78, 5) is 35.3. The molecule has 2 rings (SSSR count). The number of non-ortho nitro benzene ring substituents is 1. The minimum absolute atomic E-state index is 0.0473. The van der Waals surface area contributed by atoms with E-state index < -0.39 is 10.8 Å². The fourth-order valence-corrected chi connectivity index (χ4v) is 3.24. The van der Waals surface area contributed by atoms with E-state index in [1.54, 1.807) is 12.1 Å². The Morgan fingerprint density at radius 1 is 1.28 bits per heavy atom. The maximum atomic E-state index is 12.1. The number of nitrogens with zero attached hydrogens (tertiary/aromatic N) is 1. The zero-order chi connectivity index (χ0) is 18.6. The standard InChI is InChI=1S/C17H17N3O4S/c1-10-11(2)25-17(15(10)16(22)18-3)19-14(21)8-7-12-5-4-6-13(9-12)20(23)24/h4-9H,1-3H3,(H,18,22)(H,19,21)/b8-7+. The van der Waals surface area contributed by atoms with Crippen LogP contribution in [-0.2, 0) is 4.79 Å². The number of nitro groups is 1. The summed E-state index contributed by atoms with van der Waals surface area (Å²) in [5, 5.41) is 16.5. The lowest BCUT2D eigenvalue weighted by molar-refractivity contribution is -0.384. The highest BCUT2D eigenvalue weighted by atomic mass is 32.1. The van der Waals surface area contributed by atoms with Gasteiger partial charge in [-0.3, -0.25) is 19.7 Å². The summed E-state index contributed by atoms with van der Waals surface area (Å²) in [7, 11) is 1.53. The van der Waals surface area contributed by atoms with Crippen molar-refractivity contribution in [1.29, 1.82) is 0 Å². The zero-order valence-electron chi connectivity index (χ0n) is 14.0. The fourth-order valence-electron chi connectivity index (χ4n) is 2.18. The summed E-state index contributed by atoms with van der Waals surface area (Å²) in [5.74, 6) is -0.683. The fraction of sp³-hybridized carbons (Fsp3) is 0.176. The molecule has 25 heavy (non-hydrogen) atoms. The number of amides is 2. The van der Waals surface area contributed by atoms with Crippen molar-refractivity contribution in [2.75, 3.05) is 12.4 Å². The molecule has 1 heterocycles. The Labute approximate surface area is 148 Å². The van der Waals surface area contributed by atoms with E-state index in [0.29, 0.717) is 16.1 Å². The summed E-state index contributed by atoms with van der Waals surface area (Å²) in [6.45, 7) is 3.70. The topological polar surface area (TPSA) is 101 Å². The number of hydrogen-bond donors (Lipinski definition) is 2. The Morgan fingerprint density at radius 3 is 2.64 bits per heavy atom. The molecule has 2 N–H and O–H groups in total. The van der Waals surface area contributed by atoms with Gasteiger partial charge < -0.3 is 10.6 Å². The van der Waals surface area contributed by atoms with Crippen molar-refractivity contribution in [3.8, 4) is 0 Å². The molecule has 130 valence electrons. The number of nitro benzene ring substituents is 1. The van der Waals surface area contributed by atoms with E-state index in [1.807, 2.05) is 13.8 Å². The molecule has 0 saturated carbocycles. The van der Waals surface area contributed by atoms with Crippen LogP contribution in [0.4, 0.5) is 10.7 Å². The van der Waals surface area contributed by atoms with E-state index in [1.165, 1.54) is 42.7 Å². The smallest absolute Gasteiger partial charge is 0.270 e. The van der Waals surface area contributed by atoms with Gasteiger partial charge in [-0.05, 0) is 31.1 Å². The van der Waals surface area contributed by atoms with E-state index in [9.17, 15) is 19.7 Å². The van der Waals surface area contributed by atoms with Crippen LogP contribution in [0.1, 0.15) is 26.4 Å². The molecular weight excluding hydrogens is 342 g/mol. The summed E-state index contributed by atoms with van der Waals surface area (Å²) < 4.78 is 0. The first-order chi connectivity index (χ1) is 11.8. The molecule has 1 aromatic carbocycles. The highest BCUT2D eigenvalue weighted by molar-refractivity contribution is 7.16. The number of anilines is 1. The number of benzene rings is 1. The average molecular weight is 359 g/mol. The van der Waals surface area contributed by atoms with Gasteiger partial charge in [-0.25, -0.2) is 0 Å². The van der Waals surface area contributed by atoms with Gasteiger partial charge in [-0.2, -0.15) is 0 Å². The second-order valence-corrected chi connectivity index (χ2v) is 6.47. The highest BCUT2D eigenvalue weighted by Gasteiger charge is 2.19. The Balaban J connectivity index is 2.18. The quantitative estimate of drug-likeness (QED) is 0.486. The normalized spacial score (nSPS) is 10.7. The molecule has 0 radical (unpaired) electrons. The van der Waals surface area contributed by atoms with Gasteiger partial charge >= 0.3 is 0 Å². The molecule has 0 unspecified atom stereocenters. The van der Waals surface area contributed by atoms with Crippen molar-refractivity contribution in [1.82, 2.24) is 5.32 Å². The van der Waals surface area contributed by atoms with E-state index >= 15 is 0 Å². The minimum atomic E-state index is -0.496. The molecule has 0 aliphatic heterocycles. The third kappa shape index (κ3) is 4.30. The Hall–Kier alpha value is -3.00. The summed E-state index contributed by atoms with van der Waals surface area (Å²) in [5.41, 5.74) is 1.76. The molecule has 2 amide bonds. The lowest BCUT2D eigenvalue weighted by Crippen LogP contribution is -2.20. The first kappa shape index (κ1) is 18.3. The number of thiophene rings is 1. The number of rotatable bonds is 5. The number of carbonyl (C=O) groups is 2. The van der Waals surface area contributed by atoms with Gasteiger partial charge in [-0.15, -0.1) is 11.3 Å². The lowest BCUT2D eigenvalue weighted by Gasteiger charge is -2.04. The van der Waals surface area contributed by atoms with Crippen molar-refractivity contribution in [2.45, 2.75) is 13.8 Å². The van der Waals surface area contributed by atoms with Crippen LogP contribution in [0.5, 0.6) is 0 Å². The molecule has 0 spiro atoms. The summed E-state index contributed by atoms with van der Waals surface area (Å²) in [6.07, 6.45) is 2.76. The first-order valence-electron chi connectivity index (χ1n) is 7.39. The van der Waals surface area contributed by atoms with E-state index in [4.69, 9.17) is 0 Å². The van der Waals surface area contributed by atoms with Crippen molar-refractivity contribution in [2.24, 2.45) is 0 Å². The van der Waals surface area contributed by atoms with Gasteiger partial charge in [-0.1, -0.05) is 12.1 Å². The summed E-state index contributed by atoms with van der Waals surface area (Å²) >= 11 is 1.33. The minimum Gasteiger partial charge on any atom is -0.355 e. The molecule has 2 aromatic rings. The average Bonchev–Trinajstić information content (AvgIpc) is 2.86. The van der Waals surface area contributed by atoms with Crippen LogP contribution in [0.25, 0.3) is 6.08 Å². The second kappa shape index (κ2) is 7.71. The maximum absolute atomic E-state index is 12.1. The molecule has 0 atom stereocenters. The highest BCUT2D eigenvalue weighted by Crippen LogP contribution is 2.32. The molecule has 7 nitrogen and oxygen atoms in total. The summed E-state index contributed by atoms with van der Waals surface area (Å²) in [6, 6.07) is 5.96. The SMILES string of the molecule is CNC(=O)c1c(NC(=O)/C=C/c2cccc([N+](=O)[O-])c2)sc(C)c1C. The molecule has 8 heteroatoms. The largest absolute Gasteiger partial charge is 0.355 e. The van der Waals surface area contributed by atoms with Gasteiger partial charge in [0.25, 0.3) is 11.6 Å². The van der Waals surface area contributed by atoms with Crippen molar-refractivity contribution < 1.29 is 14.5 Å². The number of nitrogens with one attached hydrogen (secondary N) is 2. The molecular formula is C17H17N3O4S. The third-order valence-electron chi connectivity index (χ3n) is 3.58. The Bertz CT molecular complexity index is 871. The van der Waals surface area contributed by atoms with Crippen molar-refractivity contribution >= 4 is 39.9 Å². The Kier molecular flexibility index (Phi) is 5.66. The van der Waals surface area contributed by atoms with Gasteiger partial charge in [0.15, 0.2) is 0 Å². The van der Waals surface area contributed by atoms with Gasteiger partial charge in [0.2, 0.25) is 5.91 Å². The second-order valence-electron chi connectivity index (χ2n) is 5.24. The van der Waals surface area contributed by atoms with Crippen LogP contribution in [0.15, 0.2) is 30.3 Å². The van der Waals surface area contributed by atoms with Crippen LogP contribution in [0, 0.1) is 24.0 Å². The molecule has 0 bridgehead atoms. The maximum Gasteiger partial charge on any atom is 0.270 e. The zero-order valence-corrected chi connectivity index (χ0v) is 14.8. The van der Waals surface area contributed by atoms with E-state index in [2.05, 4.69) is 10.6 Å². The van der Waals surface area contributed by atoms with Crippen LogP contribution in [0.2, 0.25) is 0 Å². The van der Waals surface area contributed by atoms with E-state index in [-0.39, 0.29) is 11.6 Å². The molecule has 0 saturated heterocycles. The van der Waals surface area contributed by atoms with Crippen LogP contribution >= 0.6 is 11.3 Å². The molecule has 0 aliphatic rings. The number of aryl methyl sites for hydroxylation is 1. The van der Waals surface area contributed by atoms with Crippen molar-refractivity contribution in [3.05, 3.63) is 62.0 Å². The molecule has 1 aromatic heterocycles. The predicted molar refractivity (Wildman–Crippen MR) is 97.9 cm³/mol. The predicted octanol–water partition coefficient (Wildman–Crippen LogP) is 3.28. The number of carbonyl (C=O) groups excluding carboxylic acids is 2. The monoisotopic (exact) mass is 359 g/mol.